The number of rotatable bonds is 2. The molecular weight excluding hydrogens is 168 g/mol. The molecule has 4 nitrogen and oxygen atoms in total. The molecule has 0 amide bonds. The quantitative estimate of drug-likeness (QED) is 0.748. The van der Waals surface area contributed by atoms with Gasteiger partial charge in [-0.2, -0.15) is 0 Å². The van der Waals surface area contributed by atoms with Crippen LogP contribution in [-0.2, 0) is 11.3 Å². The summed E-state index contributed by atoms with van der Waals surface area (Å²) in [6.07, 6.45) is 2.19. The summed E-state index contributed by atoms with van der Waals surface area (Å²) in [6.45, 7) is 3.20. The average Bonchev–Trinajstić information content (AvgIpc) is 2.71. The molecule has 4 heteroatoms. The van der Waals surface area contributed by atoms with Crippen molar-refractivity contribution in [2.45, 2.75) is 32.4 Å². The van der Waals surface area contributed by atoms with E-state index in [9.17, 15) is 0 Å². The lowest BCUT2D eigenvalue weighted by Gasteiger charge is -2.06. The van der Waals surface area contributed by atoms with E-state index in [1.165, 1.54) is 0 Å². The van der Waals surface area contributed by atoms with Gasteiger partial charge in [0.1, 0.15) is 6.10 Å². The summed E-state index contributed by atoms with van der Waals surface area (Å²) in [4.78, 5) is 0. The number of aromatic nitrogens is 1. The van der Waals surface area contributed by atoms with Gasteiger partial charge in [0.05, 0.1) is 5.69 Å². The first-order chi connectivity index (χ1) is 6.33. The number of nitrogens with zero attached hydrogens (tertiary/aromatic N) is 1. The average molecular weight is 182 g/mol. The van der Waals surface area contributed by atoms with Crippen molar-refractivity contribution in [1.82, 2.24) is 5.16 Å². The Kier molecular flexibility index (Phi) is 2.33. The largest absolute Gasteiger partial charge is 0.370 e. The van der Waals surface area contributed by atoms with Crippen LogP contribution in [0.5, 0.6) is 0 Å². The molecule has 0 saturated carbocycles. The zero-order valence-corrected chi connectivity index (χ0v) is 7.75. The van der Waals surface area contributed by atoms with Gasteiger partial charge in [-0.05, 0) is 19.8 Å². The Labute approximate surface area is 77.0 Å². The van der Waals surface area contributed by atoms with Crippen LogP contribution in [-0.4, -0.2) is 11.8 Å². The molecule has 1 aliphatic rings. The summed E-state index contributed by atoms with van der Waals surface area (Å²) in [5, 5.41) is 3.90. The molecule has 2 N–H and O–H groups in total. The summed E-state index contributed by atoms with van der Waals surface area (Å²) in [7, 11) is 0. The van der Waals surface area contributed by atoms with E-state index in [0.29, 0.717) is 6.54 Å². The molecule has 0 spiro atoms. The zero-order valence-electron chi connectivity index (χ0n) is 7.75. The van der Waals surface area contributed by atoms with E-state index in [1.807, 2.05) is 6.92 Å². The molecule has 1 unspecified atom stereocenters. The lowest BCUT2D eigenvalue weighted by molar-refractivity contribution is 0.0868. The Morgan fingerprint density at radius 1 is 1.62 bits per heavy atom. The van der Waals surface area contributed by atoms with E-state index in [-0.39, 0.29) is 6.10 Å². The van der Waals surface area contributed by atoms with Gasteiger partial charge in [0.2, 0.25) is 0 Å². The second-order valence-corrected chi connectivity index (χ2v) is 3.32. The molecule has 0 aliphatic carbocycles. The Morgan fingerprint density at radius 2 is 2.46 bits per heavy atom. The second-order valence-electron chi connectivity index (χ2n) is 3.32. The van der Waals surface area contributed by atoms with E-state index in [0.717, 1.165) is 36.5 Å². The fourth-order valence-corrected chi connectivity index (χ4v) is 1.69. The van der Waals surface area contributed by atoms with Gasteiger partial charge >= 0.3 is 0 Å². The van der Waals surface area contributed by atoms with E-state index in [4.69, 9.17) is 15.0 Å². The number of hydrogen-bond acceptors (Lipinski definition) is 4. The Morgan fingerprint density at radius 3 is 3.08 bits per heavy atom. The molecule has 0 aromatic carbocycles. The molecule has 1 saturated heterocycles. The van der Waals surface area contributed by atoms with Gasteiger partial charge < -0.3 is 15.0 Å². The van der Waals surface area contributed by atoms with Crippen LogP contribution in [0.2, 0.25) is 0 Å². The van der Waals surface area contributed by atoms with Crippen LogP contribution in [0.25, 0.3) is 0 Å². The van der Waals surface area contributed by atoms with Gasteiger partial charge in [-0.1, -0.05) is 5.16 Å². The normalized spacial score (nSPS) is 22.5. The summed E-state index contributed by atoms with van der Waals surface area (Å²) in [5.41, 5.74) is 7.50. The van der Waals surface area contributed by atoms with Gasteiger partial charge in [-0.3, -0.25) is 0 Å². The SMILES string of the molecule is Cc1noc(C2CCCO2)c1CN. The van der Waals surface area contributed by atoms with Crippen molar-refractivity contribution in [2.24, 2.45) is 5.73 Å². The Hall–Kier alpha value is -0.870. The molecule has 0 bridgehead atoms. The fourth-order valence-electron chi connectivity index (χ4n) is 1.69. The highest BCUT2D eigenvalue weighted by atomic mass is 16.5. The lowest BCUT2D eigenvalue weighted by atomic mass is 10.1. The first-order valence-corrected chi connectivity index (χ1v) is 4.59. The highest BCUT2D eigenvalue weighted by molar-refractivity contribution is 5.23. The van der Waals surface area contributed by atoms with E-state index >= 15 is 0 Å². The molecule has 1 atom stereocenters. The summed E-state index contributed by atoms with van der Waals surface area (Å²) >= 11 is 0. The van der Waals surface area contributed by atoms with Crippen molar-refractivity contribution in [3.8, 4) is 0 Å². The van der Waals surface area contributed by atoms with Crippen LogP contribution in [0.15, 0.2) is 4.52 Å². The van der Waals surface area contributed by atoms with Gasteiger partial charge in [-0.25, -0.2) is 0 Å². The van der Waals surface area contributed by atoms with Crippen molar-refractivity contribution in [2.75, 3.05) is 6.61 Å². The van der Waals surface area contributed by atoms with Crippen molar-refractivity contribution >= 4 is 0 Å². The third-order valence-corrected chi connectivity index (χ3v) is 2.44. The number of ether oxygens (including phenoxy) is 1. The molecule has 13 heavy (non-hydrogen) atoms. The predicted molar refractivity (Wildman–Crippen MR) is 47.1 cm³/mol. The second kappa shape index (κ2) is 3.47. The zero-order chi connectivity index (χ0) is 9.26. The van der Waals surface area contributed by atoms with Crippen LogP contribution in [0.3, 0.4) is 0 Å². The first-order valence-electron chi connectivity index (χ1n) is 4.59. The molecule has 2 rings (SSSR count). The minimum Gasteiger partial charge on any atom is -0.370 e. The molecule has 1 aromatic heterocycles. The maximum absolute atomic E-state index is 5.61. The smallest absolute Gasteiger partial charge is 0.170 e. The maximum Gasteiger partial charge on any atom is 0.170 e. The van der Waals surface area contributed by atoms with Crippen LogP contribution in [0.1, 0.15) is 36.0 Å². The van der Waals surface area contributed by atoms with Crippen molar-refractivity contribution < 1.29 is 9.26 Å². The topological polar surface area (TPSA) is 61.3 Å². The van der Waals surface area contributed by atoms with E-state index in [1.54, 1.807) is 0 Å². The van der Waals surface area contributed by atoms with Crippen molar-refractivity contribution in [3.05, 3.63) is 17.0 Å². The highest BCUT2D eigenvalue weighted by Crippen LogP contribution is 2.31. The number of hydrogen-bond donors (Lipinski definition) is 1. The fraction of sp³-hybridized carbons (Fsp3) is 0.667. The lowest BCUT2D eigenvalue weighted by Crippen LogP contribution is -2.04. The predicted octanol–water partition coefficient (Wildman–Crippen LogP) is 1.29. The van der Waals surface area contributed by atoms with Gasteiger partial charge in [-0.15, -0.1) is 0 Å². The summed E-state index contributed by atoms with van der Waals surface area (Å²) < 4.78 is 10.7. The van der Waals surface area contributed by atoms with Gasteiger partial charge in [0.25, 0.3) is 0 Å². The number of nitrogens with two attached hydrogens (primary N) is 1. The molecule has 1 aliphatic heterocycles. The minimum absolute atomic E-state index is 0.0831. The summed E-state index contributed by atoms with van der Waals surface area (Å²) in [5.74, 6) is 0.831. The van der Waals surface area contributed by atoms with E-state index in [2.05, 4.69) is 5.16 Å². The molecule has 2 heterocycles. The van der Waals surface area contributed by atoms with Crippen LogP contribution in [0, 0.1) is 6.92 Å². The molecule has 0 radical (unpaired) electrons. The van der Waals surface area contributed by atoms with Gasteiger partial charge in [0, 0.05) is 18.7 Å². The molecule has 1 aromatic rings. The molecular formula is C9H14N2O2. The molecule has 1 fully saturated rings. The van der Waals surface area contributed by atoms with Crippen LogP contribution < -0.4 is 5.73 Å². The Balaban J connectivity index is 2.27. The first kappa shape index (κ1) is 8.72. The third kappa shape index (κ3) is 1.47. The Bertz CT molecular complexity index is 290. The maximum atomic E-state index is 5.61. The molecule has 72 valence electrons. The summed E-state index contributed by atoms with van der Waals surface area (Å²) in [6, 6.07) is 0. The number of aryl methyl sites for hydroxylation is 1. The minimum atomic E-state index is 0.0831. The standard InChI is InChI=1S/C9H14N2O2/c1-6-7(5-10)9(13-11-6)8-3-2-4-12-8/h8H,2-5,10H2,1H3. The highest BCUT2D eigenvalue weighted by Gasteiger charge is 2.25. The third-order valence-electron chi connectivity index (χ3n) is 2.44. The van der Waals surface area contributed by atoms with Crippen LogP contribution in [0.4, 0.5) is 0 Å². The van der Waals surface area contributed by atoms with Gasteiger partial charge in [0.15, 0.2) is 5.76 Å². The van der Waals surface area contributed by atoms with E-state index < -0.39 is 0 Å². The van der Waals surface area contributed by atoms with Crippen molar-refractivity contribution in [1.29, 1.82) is 0 Å². The van der Waals surface area contributed by atoms with Crippen LogP contribution >= 0.6 is 0 Å². The van der Waals surface area contributed by atoms with Crippen molar-refractivity contribution in [3.63, 3.8) is 0 Å². The monoisotopic (exact) mass is 182 g/mol.